The summed E-state index contributed by atoms with van der Waals surface area (Å²) in [5.41, 5.74) is 4.83. The van der Waals surface area contributed by atoms with Gasteiger partial charge in [0.1, 0.15) is 5.82 Å². The second-order valence-corrected chi connectivity index (χ2v) is 2.92. The van der Waals surface area contributed by atoms with Crippen molar-refractivity contribution in [2.75, 3.05) is 0 Å². The summed E-state index contributed by atoms with van der Waals surface area (Å²) >= 11 is 10.9. The summed E-state index contributed by atoms with van der Waals surface area (Å²) in [5, 5.41) is -0.0844. The first-order valence-corrected chi connectivity index (χ1v) is 3.72. The summed E-state index contributed by atoms with van der Waals surface area (Å²) in [6.45, 7) is 0. The number of halogens is 3. The van der Waals surface area contributed by atoms with E-state index in [9.17, 15) is 9.18 Å². The van der Waals surface area contributed by atoms with E-state index in [1.165, 1.54) is 0 Å². The third kappa shape index (κ3) is 1.68. The fourth-order valence-electron chi connectivity index (χ4n) is 0.711. The lowest BCUT2D eigenvalue weighted by Crippen LogP contribution is -2.11. The third-order valence-corrected chi connectivity index (χ3v) is 1.88. The smallest absolute Gasteiger partial charge is 0.250 e. The van der Waals surface area contributed by atoms with E-state index in [4.69, 9.17) is 28.9 Å². The van der Waals surface area contributed by atoms with Crippen LogP contribution in [0, 0.1) is 5.82 Å². The number of carbonyl (C=O) groups is 1. The Balaban J connectivity index is 3.33. The molecule has 12 heavy (non-hydrogen) atoms. The molecule has 1 aromatic carbocycles. The molecule has 2 nitrogen and oxygen atoms in total. The Morgan fingerprint density at radius 1 is 1.33 bits per heavy atom. The van der Waals surface area contributed by atoms with E-state index in [0.717, 1.165) is 12.1 Å². The van der Waals surface area contributed by atoms with Gasteiger partial charge < -0.3 is 5.73 Å². The molecule has 0 radical (unpaired) electrons. The fraction of sp³-hybridized carbons (Fsp3) is 0. The molecule has 1 amide bonds. The average molecular weight is 208 g/mol. The Morgan fingerprint density at radius 3 is 2.42 bits per heavy atom. The molecular formula is C7H4Cl2FNO. The Hall–Kier alpha value is -0.800. The van der Waals surface area contributed by atoms with Gasteiger partial charge in [0.2, 0.25) is 5.91 Å². The van der Waals surface area contributed by atoms with Crippen molar-refractivity contribution >= 4 is 29.1 Å². The largest absolute Gasteiger partial charge is 0.366 e. The summed E-state index contributed by atoms with van der Waals surface area (Å²) in [4.78, 5) is 10.6. The Bertz CT molecular complexity index is 340. The summed E-state index contributed by atoms with van der Waals surface area (Å²) in [6.07, 6.45) is 0. The molecule has 2 N–H and O–H groups in total. The summed E-state index contributed by atoms with van der Waals surface area (Å²) < 4.78 is 12.7. The molecule has 1 aromatic rings. The SMILES string of the molecule is NC(=O)c1cc(F)c(Cl)cc1Cl. The number of nitrogens with two attached hydrogens (primary N) is 1. The standard InChI is InChI=1S/C7H4Cl2FNO/c8-4-2-5(9)6(10)1-3(4)7(11)12/h1-2H,(H2,11,12). The van der Waals surface area contributed by atoms with Gasteiger partial charge >= 0.3 is 0 Å². The van der Waals surface area contributed by atoms with Crippen molar-refractivity contribution in [3.05, 3.63) is 33.6 Å². The van der Waals surface area contributed by atoms with E-state index in [-0.39, 0.29) is 15.6 Å². The zero-order chi connectivity index (χ0) is 9.30. The molecule has 0 aliphatic carbocycles. The minimum absolute atomic E-state index is 0.0499. The van der Waals surface area contributed by atoms with Gasteiger partial charge in [-0.25, -0.2) is 4.39 Å². The first kappa shape index (κ1) is 9.29. The van der Waals surface area contributed by atoms with Crippen LogP contribution in [0.25, 0.3) is 0 Å². The van der Waals surface area contributed by atoms with Crippen molar-refractivity contribution < 1.29 is 9.18 Å². The van der Waals surface area contributed by atoms with Gasteiger partial charge in [0, 0.05) is 0 Å². The molecule has 1 rings (SSSR count). The van der Waals surface area contributed by atoms with Gasteiger partial charge in [-0.05, 0) is 12.1 Å². The van der Waals surface area contributed by atoms with Crippen molar-refractivity contribution in [2.45, 2.75) is 0 Å². The lowest BCUT2D eigenvalue weighted by Gasteiger charge is -2.00. The van der Waals surface area contributed by atoms with E-state index >= 15 is 0 Å². The van der Waals surface area contributed by atoms with Crippen LogP contribution in [0.3, 0.4) is 0 Å². The highest BCUT2D eigenvalue weighted by Crippen LogP contribution is 2.23. The van der Waals surface area contributed by atoms with Gasteiger partial charge in [0.15, 0.2) is 0 Å². The second-order valence-electron chi connectivity index (χ2n) is 2.11. The van der Waals surface area contributed by atoms with Crippen molar-refractivity contribution in [1.29, 1.82) is 0 Å². The van der Waals surface area contributed by atoms with Gasteiger partial charge in [0.05, 0.1) is 15.6 Å². The normalized spacial score (nSPS) is 9.92. The number of hydrogen-bond acceptors (Lipinski definition) is 1. The molecule has 0 spiro atoms. The molecule has 5 heteroatoms. The number of rotatable bonds is 1. The minimum Gasteiger partial charge on any atom is -0.366 e. The third-order valence-electron chi connectivity index (χ3n) is 1.28. The van der Waals surface area contributed by atoms with Crippen molar-refractivity contribution in [3.8, 4) is 0 Å². The molecule has 0 aromatic heterocycles. The van der Waals surface area contributed by atoms with Crippen molar-refractivity contribution in [1.82, 2.24) is 0 Å². The van der Waals surface area contributed by atoms with Crippen LogP contribution >= 0.6 is 23.2 Å². The van der Waals surface area contributed by atoms with E-state index in [1.807, 2.05) is 0 Å². The topological polar surface area (TPSA) is 43.1 Å². The number of hydrogen-bond donors (Lipinski definition) is 1. The quantitative estimate of drug-likeness (QED) is 0.706. The van der Waals surface area contributed by atoms with Crippen LogP contribution in [0.1, 0.15) is 10.4 Å². The highest BCUT2D eigenvalue weighted by molar-refractivity contribution is 6.36. The Morgan fingerprint density at radius 2 is 1.92 bits per heavy atom. The van der Waals surface area contributed by atoms with E-state index in [0.29, 0.717) is 0 Å². The maximum atomic E-state index is 12.7. The maximum absolute atomic E-state index is 12.7. The average Bonchev–Trinajstić information content (AvgIpc) is 1.96. The van der Waals surface area contributed by atoms with Crippen LogP contribution in [0.5, 0.6) is 0 Å². The molecule has 0 atom stereocenters. The number of benzene rings is 1. The van der Waals surface area contributed by atoms with Crippen LogP contribution in [-0.2, 0) is 0 Å². The second kappa shape index (κ2) is 3.29. The minimum atomic E-state index is -0.782. The van der Waals surface area contributed by atoms with Gasteiger partial charge in [-0.1, -0.05) is 23.2 Å². The molecule has 0 aliphatic rings. The first-order valence-electron chi connectivity index (χ1n) is 2.96. The number of amides is 1. The van der Waals surface area contributed by atoms with Crippen LogP contribution in [-0.4, -0.2) is 5.91 Å². The van der Waals surface area contributed by atoms with Crippen LogP contribution < -0.4 is 5.73 Å². The summed E-state index contributed by atoms with van der Waals surface area (Å²) in [5.74, 6) is -1.49. The Kier molecular flexibility index (Phi) is 2.55. The molecule has 0 fully saturated rings. The van der Waals surface area contributed by atoms with Crippen LogP contribution in [0.15, 0.2) is 12.1 Å². The van der Waals surface area contributed by atoms with Crippen molar-refractivity contribution in [3.63, 3.8) is 0 Å². The molecule has 64 valence electrons. The lowest BCUT2D eigenvalue weighted by molar-refractivity contribution is 0.1000. The fourth-order valence-corrected chi connectivity index (χ4v) is 1.19. The lowest BCUT2D eigenvalue weighted by atomic mass is 10.2. The highest BCUT2D eigenvalue weighted by atomic mass is 35.5. The molecule has 0 bridgehead atoms. The summed E-state index contributed by atoms with van der Waals surface area (Å²) in [6, 6.07) is 2.05. The zero-order valence-electron chi connectivity index (χ0n) is 5.77. The monoisotopic (exact) mass is 207 g/mol. The Labute approximate surface area is 78.1 Å². The molecule has 0 heterocycles. The van der Waals surface area contributed by atoms with Gasteiger partial charge in [-0.15, -0.1) is 0 Å². The maximum Gasteiger partial charge on any atom is 0.250 e. The predicted molar refractivity (Wildman–Crippen MR) is 44.9 cm³/mol. The highest BCUT2D eigenvalue weighted by Gasteiger charge is 2.10. The number of primary amides is 1. The van der Waals surface area contributed by atoms with Crippen molar-refractivity contribution in [2.24, 2.45) is 5.73 Å². The van der Waals surface area contributed by atoms with Gasteiger partial charge in [-0.3, -0.25) is 4.79 Å². The van der Waals surface area contributed by atoms with Gasteiger partial charge in [0.25, 0.3) is 0 Å². The first-order chi connectivity index (χ1) is 5.52. The number of carbonyl (C=O) groups excluding carboxylic acids is 1. The van der Waals surface area contributed by atoms with Gasteiger partial charge in [-0.2, -0.15) is 0 Å². The molecule has 0 saturated heterocycles. The molecule has 0 aliphatic heterocycles. The van der Waals surface area contributed by atoms with E-state index < -0.39 is 11.7 Å². The van der Waals surface area contributed by atoms with Crippen LogP contribution in [0.2, 0.25) is 10.0 Å². The van der Waals surface area contributed by atoms with E-state index in [1.54, 1.807) is 0 Å². The molecule has 0 unspecified atom stereocenters. The zero-order valence-corrected chi connectivity index (χ0v) is 7.29. The predicted octanol–water partition coefficient (Wildman–Crippen LogP) is 2.23. The molecule has 0 saturated carbocycles. The van der Waals surface area contributed by atoms with E-state index in [2.05, 4.69) is 0 Å². The van der Waals surface area contributed by atoms with Crippen LogP contribution in [0.4, 0.5) is 4.39 Å². The summed E-state index contributed by atoms with van der Waals surface area (Å²) in [7, 11) is 0. The molecular weight excluding hydrogens is 204 g/mol.